The van der Waals surface area contributed by atoms with Gasteiger partial charge >= 0.3 is 0 Å². The molecule has 1 heterocycles. The minimum Gasteiger partial charge on any atom is -0.496 e. The molecule has 1 aromatic heterocycles. The Morgan fingerprint density at radius 2 is 2.05 bits per heavy atom. The highest BCUT2D eigenvalue weighted by atomic mass is 32.2. The first-order chi connectivity index (χ1) is 9.22. The van der Waals surface area contributed by atoms with Crippen molar-refractivity contribution in [2.75, 3.05) is 12.8 Å². The molecule has 5 heteroatoms. The van der Waals surface area contributed by atoms with Crippen LogP contribution in [0.25, 0.3) is 0 Å². The number of benzene rings is 1. The van der Waals surface area contributed by atoms with Crippen molar-refractivity contribution >= 4 is 17.6 Å². The van der Waals surface area contributed by atoms with Crippen molar-refractivity contribution in [3.8, 4) is 5.75 Å². The SMILES string of the molecule is CCCc1nc(N)cc(Sc2ccccc2OC)n1. The lowest BCUT2D eigenvalue weighted by atomic mass is 10.3. The highest BCUT2D eigenvalue weighted by Crippen LogP contribution is 2.34. The lowest BCUT2D eigenvalue weighted by Gasteiger charge is -2.08. The van der Waals surface area contributed by atoms with Gasteiger partial charge in [0.15, 0.2) is 0 Å². The van der Waals surface area contributed by atoms with Gasteiger partial charge in [0.2, 0.25) is 0 Å². The normalized spacial score (nSPS) is 10.4. The van der Waals surface area contributed by atoms with Crippen LogP contribution in [0.15, 0.2) is 40.3 Å². The molecular weight excluding hydrogens is 258 g/mol. The van der Waals surface area contributed by atoms with E-state index in [2.05, 4.69) is 16.9 Å². The summed E-state index contributed by atoms with van der Waals surface area (Å²) in [6.45, 7) is 2.10. The number of nitrogens with two attached hydrogens (primary N) is 1. The van der Waals surface area contributed by atoms with Gasteiger partial charge in [-0.25, -0.2) is 9.97 Å². The smallest absolute Gasteiger partial charge is 0.132 e. The van der Waals surface area contributed by atoms with Gasteiger partial charge in [0, 0.05) is 12.5 Å². The fraction of sp³-hybridized carbons (Fsp3) is 0.286. The van der Waals surface area contributed by atoms with E-state index in [1.165, 1.54) is 11.8 Å². The largest absolute Gasteiger partial charge is 0.496 e. The summed E-state index contributed by atoms with van der Waals surface area (Å²) in [4.78, 5) is 9.76. The highest BCUT2D eigenvalue weighted by molar-refractivity contribution is 7.99. The first-order valence-electron chi connectivity index (χ1n) is 6.17. The standard InChI is InChI=1S/C14H17N3OS/c1-3-6-13-16-12(15)9-14(17-13)19-11-8-5-4-7-10(11)18-2/h4-5,7-9H,3,6H2,1-2H3,(H2,15,16,17). The van der Waals surface area contributed by atoms with Gasteiger partial charge in [0.25, 0.3) is 0 Å². The van der Waals surface area contributed by atoms with Gasteiger partial charge in [0.1, 0.15) is 22.4 Å². The number of hydrogen-bond donors (Lipinski definition) is 1. The van der Waals surface area contributed by atoms with Gasteiger partial charge in [-0.1, -0.05) is 30.8 Å². The van der Waals surface area contributed by atoms with E-state index < -0.39 is 0 Å². The summed E-state index contributed by atoms with van der Waals surface area (Å²) >= 11 is 1.54. The molecule has 0 unspecified atom stereocenters. The predicted octanol–water partition coefficient (Wildman–Crippen LogP) is 3.17. The summed E-state index contributed by atoms with van der Waals surface area (Å²) in [6, 6.07) is 9.64. The molecule has 19 heavy (non-hydrogen) atoms. The topological polar surface area (TPSA) is 61.0 Å². The van der Waals surface area contributed by atoms with Crippen LogP contribution in [0.2, 0.25) is 0 Å². The molecule has 0 aliphatic rings. The van der Waals surface area contributed by atoms with Crippen molar-refractivity contribution in [3.63, 3.8) is 0 Å². The Morgan fingerprint density at radius 1 is 1.26 bits per heavy atom. The van der Waals surface area contributed by atoms with Crippen molar-refractivity contribution in [2.24, 2.45) is 0 Å². The molecule has 0 aliphatic carbocycles. The number of methoxy groups -OCH3 is 1. The number of hydrogen-bond acceptors (Lipinski definition) is 5. The molecule has 0 fully saturated rings. The molecule has 0 atom stereocenters. The minimum atomic E-state index is 0.510. The number of ether oxygens (including phenoxy) is 1. The summed E-state index contributed by atoms with van der Waals surface area (Å²) in [7, 11) is 1.66. The molecule has 0 aliphatic heterocycles. The molecule has 0 radical (unpaired) electrons. The second kappa shape index (κ2) is 6.43. The van der Waals surface area contributed by atoms with Crippen LogP contribution in [-0.4, -0.2) is 17.1 Å². The summed E-state index contributed by atoms with van der Waals surface area (Å²) in [5.41, 5.74) is 5.82. The Bertz CT molecular complexity index is 560. The number of anilines is 1. The minimum absolute atomic E-state index is 0.510. The Kier molecular flexibility index (Phi) is 4.63. The molecule has 2 aromatic rings. The zero-order chi connectivity index (χ0) is 13.7. The number of aryl methyl sites for hydroxylation is 1. The van der Waals surface area contributed by atoms with E-state index in [1.54, 1.807) is 13.2 Å². The molecule has 0 spiro atoms. The fourth-order valence-corrected chi connectivity index (χ4v) is 2.65. The van der Waals surface area contributed by atoms with Crippen LogP contribution >= 0.6 is 11.8 Å². The number of nitrogen functional groups attached to an aromatic ring is 1. The van der Waals surface area contributed by atoms with Gasteiger partial charge in [-0.2, -0.15) is 0 Å². The van der Waals surface area contributed by atoms with Crippen LogP contribution in [0.1, 0.15) is 19.2 Å². The Labute approximate surface area is 117 Å². The molecule has 100 valence electrons. The van der Waals surface area contributed by atoms with Crippen LogP contribution < -0.4 is 10.5 Å². The van der Waals surface area contributed by atoms with Crippen LogP contribution in [0, 0.1) is 0 Å². The number of aromatic nitrogens is 2. The third-order valence-corrected chi connectivity index (χ3v) is 3.50. The predicted molar refractivity (Wildman–Crippen MR) is 77.6 cm³/mol. The van der Waals surface area contributed by atoms with Gasteiger partial charge in [0.05, 0.1) is 12.0 Å². The average Bonchev–Trinajstić information content (AvgIpc) is 2.39. The van der Waals surface area contributed by atoms with E-state index in [4.69, 9.17) is 10.5 Å². The van der Waals surface area contributed by atoms with Gasteiger partial charge < -0.3 is 10.5 Å². The fourth-order valence-electron chi connectivity index (χ4n) is 1.70. The maximum Gasteiger partial charge on any atom is 0.132 e. The van der Waals surface area contributed by atoms with Gasteiger partial charge in [-0.15, -0.1) is 0 Å². The van der Waals surface area contributed by atoms with Gasteiger partial charge in [-0.3, -0.25) is 0 Å². The van der Waals surface area contributed by atoms with Crippen molar-refractivity contribution in [3.05, 3.63) is 36.2 Å². The number of para-hydroxylation sites is 1. The average molecular weight is 275 g/mol. The molecule has 4 nitrogen and oxygen atoms in total. The summed E-state index contributed by atoms with van der Waals surface area (Å²) in [5, 5.41) is 0.848. The lowest BCUT2D eigenvalue weighted by molar-refractivity contribution is 0.405. The van der Waals surface area contributed by atoms with E-state index in [0.717, 1.165) is 34.3 Å². The molecule has 1 aromatic carbocycles. The van der Waals surface area contributed by atoms with Crippen LogP contribution in [0.4, 0.5) is 5.82 Å². The molecule has 2 rings (SSSR count). The zero-order valence-corrected chi connectivity index (χ0v) is 11.9. The molecule has 0 amide bonds. The zero-order valence-electron chi connectivity index (χ0n) is 11.1. The Morgan fingerprint density at radius 3 is 2.79 bits per heavy atom. The van der Waals surface area contributed by atoms with Crippen LogP contribution in [0.3, 0.4) is 0 Å². The van der Waals surface area contributed by atoms with E-state index in [0.29, 0.717) is 5.82 Å². The monoisotopic (exact) mass is 275 g/mol. The second-order valence-electron chi connectivity index (χ2n) is 4.05. The highest BCUT2D eigenvalue weighted by Gasteiger charge is 2.07. The number of rotatable bonds is 5. The summed E-state index contributed by atoms with van der Waals surface area (Å²) in [6.07, 6.45) is 1.84. The maximum atomic E-state index is 5.82. The van der Waals surface area contributed by atoms with Crippen molar-refractivity contribution in [1.82, 2.24) is 9.97 Å². The molecular formula is C14H17N3OS. The van der Waals surface area contributed by atoms with Crippen LogP contribution in [-0.2, 0) is 6.42 Å². The van der Waals surface area contributed by atoms with Gasteiger partial charge in [-0.05, 0) is 18.6 Å². The summed E-state index contributed by atoms with van der Waals surface area (Å²) in [5.74, 6) is 2.14. The first kappa shape index (κ1) is 13.7. The molecule has 0 bridgehead atoms. The van der Waals surface area contributed by atoms with E-state index >= 15 is 0 Å². The van der Waals surface area contributed by atoms with Crippen molar-refractivity contribution in [1.29, 1.82) is 0 Å². The third kappa shape index (κ3) is 3.61. The third-order valence-electron chi connectivity index (χ3n) is 2.53. The Balaban J connectivity index is 2.27. The first-order valence-corrected chi connectivity index (χ1v) is 6.99. The van der Waals surface area contributed by atoms with E-state index in [1.807, 2.05) is 24.3 Å². The van der Waals surface area contributed by atoms with Crippen LogP contribution in [0.5, 0.6) is 5.75 Å². The van der Waals surface area contributed by atoms with Crippen molar-refractivity contribution < 1.29 is 4.74 Å². The second-order valence-corrected chi connectivity index (χ2v) is 5.11. The quantitative estimate of drug-likeness (QED) is 0.849. The molecule has 0 saturated heterocycles. The van der Waals surface area contributed by atoms with Crippen molar-refractivity contribution in [2.45, 2.75) is 29.7 Å². The van der Waals surface area contributed by atoms with E-state index in [9.17, 15) is 0 Å². The van der Waals surface area contributed by atoms with E-state index in [-0.39, 0.29) is 0 Å². The maximum absolute atomic E-state index is 5.82. The molecule has 2 N–H and O–H groups in total. The number of nitrogens with zero attached hydrogens (tertiary/aromatic N) is 2. The molecule has 0 saturated carbocycles. The lowest BCUT2D eigenvalue weighted by Crippen LogP contribution is -2.00. The Hall–Kier alpha value is -1.75. The summed E-state index contributed by atoms with van der Waals surface area (Å²) < 4.78 is 5.33.